The summed E-state index contributed by atoms with van der Waals surface area (Å²) in [5.41, 5.74) is 12.3. The SMILES string of the molecule is C/C=C\C=C(/C)CN.CC.NC1CCCCCC1. The zero-order valence-corrected chi connectivity index (χ0v) is 12.9. The smallest absolute Gasteiger partial charge is 0.0137 e. The molecule has 0 aromatic carbocycles. The summed E-state index contributed by atoms with van der Waals surface area (Å²) in [4.78, 5) is 0. The predicted octanol–water partition coefficient (Wildman–Crippen LogP) is 4.16. The summed E-state index contributed by atoms with van der Waals surface area (Å²) in [6.07, 6.45) is 14.1. The van der Waals surface area contributed by atoms with Gasteiger partial charge in [0.25, 0.3) is 0 Å². The van der Waals surface area contributed by atoms with Crippen molar-refractivity contribution in [3.63, 3.8) is 0 Å². The lowest BCUT2D eigenvalue weighted by molar-refractivity contribution is 0.583. The largest absolute Gasteiger partial charge is 0.328 e. The second-order valence-corrected chi connectivity index (χ2v) is 4.49. The molecule has 4 N–H and O–H groups in total. The van der Waals surface area contributed by atoms with Gasteiger partial charge >= 0.3 is 0 Å². The van der Waals surface area contributed by atoms with Crippen LogP contribution in [0.2, 0.25) is 0 Å². The van der Waals surface area contributed by atoms with E-state index in [1.165, 1.54) is 44.1 Å². The molecule has 0 aliphatic heterocycles. The summed E-state index contributed by atoms with van der Waals surface area (Å²) >= 11 is 0. The Morgan fingerprint density at radius 3 is 2.00 bits per heavy atom. The molecule has 2 heteroatoms. The topological polar surface area (TPSA) is 52.0 Å². The second kappa shape index (κ2) is 16.4. The molecule has 0 bridgehead atoms. The minimum atomic E-state index is 0.525. The van der Waals surface area contributed by atoms with Crippen molar-refractivity contribution >= 4 is 0 Å². The van der Waals surface area contributed by atoms with Gasteiger partial charge < -0.3 is 11.5 Å². The van der Waals surface area contributed by atoms with E-state index < -0.39 is 0 Å². The fourth-order valence-corrected chi connectivity index (χ4v) is 1.64. The van der Waals surface area contributed by atoms with Crippen molar-refractivity contribution in [2.45, 2.75) is 72.3 Å². The van der Waals surface area contributed by atoms with Crippen molar-refractivity contribution in [2.24, 2.45) is 11.5 Å². The summed E-state index contributed by atoms with van der Waals surface area (Å²) in [5.74, 6) is 0. The van der Waals surface area contributed by atoms with E-state index in [9.17, 15) is 0 Å². The van der Waals surface area contributed by atoms with Gasteiger partial charge in [0.05, 0.1) is 0 Å². The van der Waals surface area contributed by atoms with Crippen LogP contribution in [0.5, 0.6) is 0 Å². The van der Waals surface area contributed by atoms with Crippen molar-refractivity contribution in [1.82, 2.24) is 0 Å². The van der Waals surface area contributed by atoms with Crippen LogP contribution in [0, 0.1) is 0 Å². The maximum absolute atomic E-state index is 5.73. The third kappa shape index (κ3) is 15.4. The molecule has 0 unspecified atom stereocenters. The predicted molar refractivity (Wildman–Crippen MR) is 84.7 cm³/mol. The van der Waals surface area contributed by atoms with E-state index in [4.69, 9.17) is 11.5 Å². The lowest BCUT2D eigenvalue weighted by Gasteiger charge is -2.03. The summed E-state index contributed by atoms with van der Waals surface area (Å²) < 4.78 is 0. The van der Waals surface area contributed by atoms with E-state index in [2.05, 4.69) is 0 Å². The van der Waals surface area contributed by atoms with Crippen LogP contribution in [0.15, 0.2) is 23.8 Å². The van der Waals surface area contributed by atoms with Crippen LogP contribution in [0.4, 0.5) is 0 Å². The number of rotatable bonds is 2. The van der Waals surface area contributed by atoms with Gasteiger partial charge in [-0.1, -0.05) is 63.3 Å². The molecule has 18 heavy (non-hydrogen) atoms. The molecule has 1 saturated carbocycles. The van der Waals surface area contributed by atoms with Gasteiger partial charge in [-0.15, -0.1) is 0 Å². The lowest BCUT2D eigenvalue weighted by atomic mass is 10.1. The van der Waals surface area contributed by atoms with Crippen LogP contribution in [0.1, 0.15) is 66.2 Å². The Hall–Kier alpha value is -0.600. The Balaban J connectivity index is 0. The van der Waals surface area contributed by atoms with E-state index >= 15 is 0 Å². The Morgan fingerprint density at radius 1 is 1.11 bits per heavy atom. The summed E-state index contributed by atoms with van der Waals surface area (Å²) in [6, 6.07) is 0.525. The summed E-state index contributed by atoms with van der Waals surface area (Å²) in [6.45, 7) is 8.66. The molecule has 1 rings (SSSR count). The Morgan fingerprint density at radius 2 is 1.61 bits per heavy atom. The van der Waals surface area contributed by atoms with Gasteiger partial charge in [0.1, 0.15) is 0 Å². The highest BCUT2D eigenvalue weighted by Gasteiger charge is 2.05. The Kier molecular flexibility index (Phi) is 18.0. The van der Waals surface area contributed by atoms with Crippen molar-refractivity contribution in [1.29, 1.82) is 0 Å². The Labute approximate surface area is 115 Å². The highest BCUT2D eigenvalue weighted by atomic mass is 14.6. The highest BCUT2D eigenvalue weighted by molar-refractivity contribution is 5.10. The molecule has 0 saturated heterocycles. The molecular formula is C16H34N2. The molecule has 0 aromatic heterocycles. The number of hydrogen-bond acceptors (Lipinski definition) is 2. The standard InChI is InChI=1S/C7H15N.C7H13N.C2H6/c8-7-5-3-1-2-4-6-7;1-3-4-5-7(2)6-8;1-2/h7H,1-6,8H2;3-5H,6,8H2,1-2H3;1-2H3/b;4-3-,7-5+;. The van der Waals surface area contributed by atoms with E-state index in [0.717, 1.165) is 0 Å². The molecule has 0 amide bonds. The second-order valence-electron chi connectivity index (χ2n) is 4.49. The quantitative estimate of drug-likeness (QED) is 0.574. The Bertz CT molecular complexity index is 199. The van der Waals surface area contributed by atoms with Crippen LogP contribution in [-0.2, 0) is 0 Å². The van der Waals surface area contributed by atoms with Crippen LogP contribution >= 0.6 is 0 Å². The molecule has 1 fully saturated rings. The fraction of sp³-hybridized carbons (Fsp3) is 0.750. The molecular weight excluding hydrogens is 220 g/mol. The van der Waals surface area contributed by atoms with Gasteiger partial charge in [0, 0.05) is 12.6 Å². The van der Waals surface area contributed by atoms with Crippen molar-refractivity contribution in [3.8, 4) is 0 Å². The molecule has 0 heterocycles. The third-order valence-electron chi connectivity index (χ3n) is 2.79. The first-order valence-electron chi connectivity index (χ1n) is 7.44. The first-order valence-corrected chi connectivity index (χ1v) is 7.44. The number of allylic oxidation sites excluding steroid dienone is 3. The molecule has 0 spiro atoms. The van der Waals surface area contributed by atoms with E-state index in [1.54, 1.807) is 0 Å². The first kappa shape index (κ1) is 19.7. The molecule has 108 valence electrons. The van der Waals surface area contributed by atoms with Crippen molar-refractivity contribution in [2.75, 3.05) is 6.54 Å². The summed E-state index contributed by atoms with van der Waals surface area (Å²) in [5, 5.41) is 0. The molecule has 1 aliphatic rings. The van der Waals surface area contributed by atoms with Gasteiger partial charge in [-0.05, 0) is 26.7 Å². The van der Waals surface area contributed by atoms with E-state index in [0.29, 0.717) is 12.6 Å². The molecule has 2 nitrogen and oxygen atoms in total. The van der Waals surface area contributed by atoms with Crippen LogP contribution in [-0.4, -0.2) is 12.6 Å². The molecule has 0 aromatic rings. The van der Waals surface area contributed by atoms with Crippen molar-refractivity contribution < 1.29 is 0 Å². The maximum atomic E-state index is 5.73. The zero-order valence-electron chi connectivity index (χ0n) is 12.9. The lowest BCUT2D eigenvalue weighted by Crippen LogP contribution is -2.17. The van der Waals surface area contributed by atoms with Crippen LogP contribution < -0.4 is 11.5 Å². The van der Waals surface area contributed by atoms with Gasteiger partial charge in [0.15, 0.2) is 0 Å². The molecule has 1 aliphatic carbocycles. The summed E-state index contributed by atoms with van der Waals surface area (Å²) in [7, 11) is 0. The van der Waals surface area contributed by atoms with Gasteiger partial charge in [-0.25, -0.2) is 0 Å². The maximum Gasteiger partial charge on any atom is 0.0137 e. The van der Waals surface area contributed by atoms with E-state index in [1.807, 2.05) is 45.9 Å². The van der Waals surface area contributed by atoms with Gasteiger partial charge in [-0.3, -0.25) is 0 Å². The third-order valence-corrected chi connectivity index (χ3v) is 2.79. The van der Waals surface area contributed by atoms with Crippen molar-refractivity contribution in [3.05, 3.63) is 23.8 Å². The molecule has 0 atom stereocenters. The minimum absolute atomic E-state index is 0.525. The average Bonchev–Trinajstić information content (AvgIpc) is 2.66. The van der Waals surface area contributed by atoms with Gasteiger partial charge in [-0.2, -0.15) is 0 Å². The molecule has 0 radical (unpaired) electrons. The monoisotopic (exact) mass is 254 g/mol. The minimum Gasteiger partial charge on any atom is -0.328 e. The van der Waals surface area contributed by atoms with E-state index in [-0.39, 0.29) is 0 Å². The number of nitrogens with two attached hydrogens (primary N) is 2. The van der Waals surface area contributed by atoms with Crippen LogP contribution in [0.25, 0.3) is 0 Å². The normalized spacial score (nSPS) is 17.3. The fourth-order valence-electron chi connectivity index (χ4n) is 1.64. The van der Waals surface area contributed by atoms with Gasteiger partial charge in [0.2, 0.25) is 0 Å². The number of hydrogen-bond donors (Lipinski definition) is 2. The average molecular weight is 254 g/mol. The van der Waals surface area contributed by atoms with Crippen LogP contribution in [0.3, 0.4) is 0 Å². The zero-order chi connectivity index (χ0) is 14.2. The first-order chi connectivity index (χ1) is 8.70. The highest BCUT2D eigenvalue weighted by Crippen LogP contribution is 2.14.